The monoisotopic (exact) mass is 500 g/mol. The van der Waals surface area contributed by atoms with Crippen LogP contribution in [0.3, 0.4) is 0 Å². The normalized spacial score (nSPS) is 11.6. The minimum atomic E-state index is -3.39. The fourth-order valence-electron chi connectivity index (χ4n) is 4.23. The number of nitro groups is 1. The van der Waals surface area contributed by atoms with Gasteiger partial charge in [0, 0.05) is 40.4 Å². The highest BCUT2D eigenvalue weighted by atomic mass is 32.2. The number of aryl methyl sites for hydroxylation is 1. The summed E-state index contributed by atoms with van der Waals surface area (Å²) >= 11 is 0. The molecule has 0 atom stereocenters. The number of rotatable bonds is 5. The number of sulfonamides is 1. The smallest absolute Gasteiger partial charge is 0.274 e. The highest BCUT2D eigenvalue weighted by Gasteiger charge is 2.16. The summed E-state index contributed by atoms with van der Waals surface area (Å²) in [5.41, 5.74) is 3.85. The van der Waals surface area contributed by atoms with Gasteiger partial charge in [0.25, 0.3) is 11.2 Å². The predicted octanol–water partition coefficient (Wildman–Crippen LogP) is 4.79. The first-order valence-electron chi connectivity index (χ1n) is 10.9. The Labute approximate surface area is 205 Å². The van der Waals surface area contributed by atoms with Crippen LogP contribution in [0, 0.1) is 17.0 Å². The fraction of sp³-hybridized carbons (Fsp3) is 0.0769. The van der Waals surface area contributed by atoms with Gasteiger partial charge < -0.3 is 0 Å². The summed E-state index contributed by atoms with van der Waals surface area (Å²) in [6.45, 7) is 1.65. The molecular weight excluding hydrogens is 480 g/mol. The number of fused-ring (bicyclic) bond motifs is 3. The zero-order valence-electron chi connectivity index (χ0n) is 19.3. The van der Waals surface area contributed by atoms with Crippen LogP contribution in [0.5, 0.6) is 0 Å². The van der Waals surface area contributed by atoms with Crippen LogP contribution in [0.4, 0.5) is 11.4 Å². The molecular formula is C26H20N4O5S. The molecule has 0 saturated carbocycles. The fourth-order valence-corrected chi connectivity index (χ4v) is 4.79. The maximum absolute atomic E-state index is 13.1. The third-order valence-electron chi connectivity index (χ3n) is 5.89. The molecule has 5 rings (SSSR count). The van der Waals surface area contributed by atoms with E-state index in [-0.39, 0.29) is 11.2 Å². The van der Waals surface area contributed by atoms with Gasteiger partial charge in [-0.25, -0.2) is 8.42 Å². The molecule has 0 spiro atoms. The molecule has 180 valence electrons. The van der Waals surface area contributed by atoms with Crippen molar-refractivity contribution in [1.82, 2.24) is 9.55 Å². The van der Waals surface area contributed by atoms with Crippen LogP contribution in [0.15, 0.2) is 83.8 Å². The zero-order valence-corrected chi connectivity index (χ0v) is 20.1. The Bertz CT molecular complexity index is 1850. The van der Waals surface area contributed by atoms with Crippen molar-refractivity contribution in [2.24, 2.45) is 0 Å². The summed E-state index contributed by atoms with van der Waals surface area (Å²) < 4.78 is 26.9. The van der Waals surface area contributed by atoms with E-state index in [4.69, 9.17) is 0 Å². The Balaban J connectivity index is 1.74. The molecule has 0 unspecified atom stereocenters. The summed E-state index contributed by atoms with van der Waals surface area (Å²) in [5.74, 6) is 0. The van der Waals surface area contributed by atoms with Gasteiger partial charge in [-0.1, -0.05) is 24.3 Å². The largest absolute Gasteiger partial charge is 0.284 e. The zero-order chi connectivity index (χ0) is 25.6. The number of anilines is 1. The Hall–Kier alpha value is -4.57. The van der Waals surface area contributed by atoms with Crippen molar-refractivity contribution in [2.75, 3.05) is 11.0 Å². The molecule has 2 heterocycles. The van der Waals surface area contributed by atoms with Crippen LogP contribution in [0.2, 0.25) is 0 Å². The van der Waals surface area contributed by atoms with Crippen molar-refractivity contribution in [3.8, 4) is 16.8 Å². The molecule has 5 aromatic rings. The standard InChI is InChI=1S/C26H20N4O5S/c1-16-3-10-21(14-24(16)30(32)33)29-25(31)12-7-19-15-27-23-11-6-18(13-22(23)26(19)29)17-4-8-20(9-5-17)28-36(2,34)35/h3-15,28H,1-2H3. The van der Waals surface area contributed by atoms with Crippen LogP contribution >= 0.6 is 0 Å². The van der Waals surface area contributed by atoms with E-state index in [1.807, 2.05) is 18.2 Å². The second-order valence-corrected chi connectivity index (χ2v) is 10.2. The summed E-state index contributed by atoms with van der Waals surface area (Å²) in [5, 5.41) is 12.9. The van der Waals surface area contributed by atoms with E-state index in [2.05, 4.69) is 9.71 Å². The summed E-state index contributed by atoms with van der Waals surface area (Å²) in [7, 11) is -3.39. The molecule has 0 saturated heterocycles. The van der Waals surface area contributed by atoms with E-state index in [1.54, 1.807) is 55.6 Å². The molecule has 0 bridgehead atoms. The average molecular weight is 501 g/mol. The molecule has 0 fully saturated rings. The number of nitrogens with zero attached hydrogens (tertiary/aromatic N) is 3. The summed E-state index contributed by atoms with van der Waals surface area (Å²) in [6.07, 6.45) is 2.76. The van der Waals surface area contributed by atoms with Gasteiger partial charge in [0.2, 0.25) is 10.0 Å². The Morgan fingerprint density at radius 3 is 2.36 bits per heavy atom. The van der Waals surface area contributed by atoms with Crippen LogP contribution < -0.4 is 10.3 Å². The van der Waals surface area contributed by atoms with Crippen molar-refractivity contribution in [3.63, 3.8) is 0 Å². The maximum atomic E-state index is 13.1. The number of benzene rings is 3. The molecule has 0 aliphatic rings. The average Bonchev–Trinajstić information content (AvgIpc) is 2.83. The molecule has 9 nitrogen and oxygen atoms in total. The number of hydrogen-bond donors (Lipinski definition) is 1. The lowest BCUT2D eigenvalue weighted by molar-refractivity contribution is -0.385. The molecule has 3 aromatic carbocycles. The van der Waals surface area contributed by atoms with Gasteiger partial charge in [-0.2, -0.15) is 0 Å². The first-order chi connectivity index (χ1) is 17.1. The number of hydrogen-bond acceptors (Lipinski definition) is 6. The van der Waals surface area contributed by atoms with E-state index in [0.717, 1.165) is 17.4 Å². The lowest BCUT2D eigenvalue weighted by Crippen LogP contribution is -2.18. The topological polar surface area (TPSA) is 124 Å². The molecule has 10 heteroatoms. The molecule has 36 heavy (non-hydrogen) atoms. The lowest BCUT2D eigenvalue weighted by atomic mass is 10.0. The lowest BCUT2D eigenvalue weighted by Gasteiger charge is -2.14. The van der Waals surface area contributed by atoms with E-state index < -0.39 is 14.9 Å². The SMILES string of the molecule is Cc1ccc(-n2c(=O)ccc3cnc4ccc(-c5ccc(NS(C)(=O)=O)cc5)cc4c32)cc1[N+](=O)[O-]. The first kappa shape index (κ1) is 23.2. The minimum Gasteiger partial charge on any atom is -0.284 e. The third kappa shape index (κ3) is 4.29. The van der Waals surface area contributed by atoms with Gasteiger partial charge in [-0.15, -0.1) is 0 Å². The van der Waals surface area contributed by atoms with Crippen molar-refractivity contribution in [2.45, 2.75) is 6.92 Å². The number of pyridine rings is 2. The Morgan fingerprint density at radius 2 is 1.67 bits per heavy atom. The molecule has 1 N–H and O–H groups in total. The van der Waals surface area contributed by atoms with Gasteiger partial charge in [-0.3, -0.25) is 29.2 Å². The van der Waals surface area contributed by atoms with Crippen LogP contribution in [0.25, 0.3) is 38.6 Å². The van der Waals surface area contributed by atoms with Crippen molar-refractivity contribution in [3.05, 3.63) is 105 Å². The van der Waals surface area contributed by atoms with E-state index in [9.17, 15) is 23.3 Å². The summed E-state index contributed by atoms with van der Waals surface area (Å²) in [6, 6.07) is 20.4. The number of nitro benzene ring substituents is 1. The van der Waals surface area contributed by atoms with Crippen LogP contribution in [0.1, 0.15) is 5.56 Å². The van der Waals surface area contributed by atoms with Gasteiger partial charge in [0.1, 0.15) is 0 Å². The Kier molecular flexibility index (Phi) is 5.52. The van der Waals surface area contributed by atoms with Crippen molar-refractivity contribution in [1.29, 1.82) is 0 Å². The maximum Gasteiger partial charge on any atom is 0.274 e. The second kappa shape index (κ2) is 8.58. The van der Waals surface area contributed by atoms with Gasteiger partial charge in [-0.05, 0) is 54.4 Å². The van der Waals surface area contributed by atoms with E-state index in [1.165, 1.54) is 16.7 Å². The highest BCUT2D eigenvalue weighted by molar-refractivity contribution is 7.92. The molecule has 0 radical (unpaired) electrons. The third-order valence-corrected chi connectivity index (χ3v) is 6.49. The van der Waals surface area contributed by atoms with Crippen molar-refractivity contribution < 1.29 is 13.3 Å². The van der Waals surface area contributed by atoms with Gasteiger partial charge in [0.15, 0.2) is 0 Å². The predicted molar refractivity (Wildman–Crippen MR) is 140 cm³/mol. The quantitative estimate of drug-likeness (QED) is 0.210. The minimum absolute atomic E-state index is 0.0711. The Morgan fingerprint density at radius 1 is 0.944 bits per heavy atom. The van der Waals surface area contributed by atoms with Gasteiger partial charge >= 0.3 is 0 Å². The van der Waals surface area contributed by atoms with E-state index >= 15 is 0 Å². The number of aromatic nitrogens is 2. The molecule has 0 aliphatic carbocycles. The summed E-state index contributed by atoms with van der Waals surface area (Å²) in [4.78, 5) is 28.7. The first-order valence-corrected chi connectivity index (χ1v) is 12.8. The van der Waals surface area contributed by atoms with Crippen molar-refractivity contribution >= 4 is 43.2 Å². The molecule has 2 aromatic heterocycles. The second-order valence-electron chi connectivity index (χ2n) is 8.48. The number of nitrogens with one attached hydrogen (secondary N) is 1. The van der Waals surface area contributed by atoms with Gasteiger partial charge in [0.05, 0.1) is 27.9 Å². The van der Waals surface area contributed by atoms with Crippen LogP contribution in [-0.4, -0.2) is 29.1 Å². The molecule has 0 aliphatic heterocycles. The highest BCUT2D eigenvalue weighted by Crippen LogP contribution is 2.31. The van der Waals surface area contributed by atoms with E-state index in [0.29, 0.717) is 38.7 Å². The van der Waals surface area contributed by atoms with Crippen LogP contribution in [-0.2, 0) is 10.0 Å². The molecule has 0 amide bonds.